The van der Waals surface area contributed by atoms with Crippen LogP contribution >= 0.6 is 0 Å². The van der Waals surface area contributed by atoms with Crippen LogP contribution in [0, 0.1) is 5.92 Å². The van der Waals surface area contributed by atoms with Gasteiger partial charge in [-0.15, -0.1) is 0 Å². The monoisotopic (exact) mass is 311 g/mol. The zero-order valence-electron chi connectivity index (χ0n) is 12.1. The van der Waals surface area contributed by atoms with E-state index in [2.05, 4.69) is 10.0 Å². The van der Waals surface area contributed by atoms with E-state index in [1.165, 1.54) is 11.4 Å². The second-order valence-corrected chi connectivity index (χ2v) is 7.07. The molecule has 2 N–H and O–H groups in total. The van der Waals surface area contributed by atoms with Gasteiger partial charge in [0.1, 0.15) is 0 Å². The predicted octanol–water partition coefficient (Wildman–Crippen LogP) is 0.479. The minimum atomic E-state index is -3.53. The Kier molecular flexibility index (Phi) is 5.33. The van der Waals surface area contributed by atoms with Gasteiger partial charge in [0.25, 0.3) is 10.2 Å². The second kappa shape index (κ2) is 7.02. The van der Waals surface area contributed by atoms with Gasteiger partial charge in [-0.2, -0.15) is 12.7 Å². The van der Waals surface area contributed by atoms with E-state index in [9.17, 15) is 13.2 Å². The number of carbonyl (C=O) groups excluding carboxylic acids is 1. The van der Waals surface area contributed by atoms with Crippen LogP contribution in [-0.2, 0) is 21.5 Å². The van der Waals surface area contributed by atoms with Gasteiger partial charge < -0.3 is 5.32 Å². The molecule has 21 heavy (non-hydrogen) atoms. The fourth-order valence-corrected chi connectivity index (χ4v) is 2.79. The van der Waals surface area contributed by atoms with Gasteiger partial charge in [-0.1, -0.05) is 30.3 Å². The number of nitrogens with one attached hydrogen (secondary N) is 2. The first-order valence-corrected chi connectivity index (χ1v) is 8.45. The number of amides is 1. The molecule has 1 saturated carbocycles. The van der Waals surface area contributed by atoms with Crippen LogP contribution < -0.4 is 10.0 Å². The molecule has 0 aliphatic heterocycles. The molecule has 0 heterocycles. The summed E-state index contributed by atoms with van der Waals surface area (Å²) in [5, 5.41) is 2.72. The molecule has 1 aliphatic carbocycles. The molecule has 0 spiro atoms. The Morgan fingerprint density at radius 2 is 1.90 bits per heavy atom. The maximum Gasteiger partial charge on any atom is 0.279 e. The summed E-state index contributed by atoms with van der Waals surface area (Å²) in [7, 11) is -2.00. The lowest BCUT2D eigenvalue weighted by molar-refractivity contribution is -0.122. The zero-order chi connectivity index (χ0) is 15.3. The molecule has 0 unspecified atom stereocenters. The SMILES string of the molecule is CN(Cc1ccccc1)S(=O)(=O)NCCNC(=O)C1CC1. The smallest absolute Gasteiger partial charge is 0.279 e. The molecular weight excluding hydrogens is 290 g/mol. The lowest BCUT2D eigenvalue weighted by Crippen LogP contribution is -2.41. The Bertz CT molecular complexity index is 570. The number of rotatable bonds is 8. The summed E-state index contributed by atoms with van der Waals surface area (Å²) < 4.78 is 27.8. The quantitative estimate of drug-likeness (QED) is 0.685. The Morgan fingerprint density at radius 3 is 2.52 bits per heavy atom. The average molecular weight is 311 g/mol. The van der Waals surface area contributed by atoms with E-state index in [-0.39, 0.29) is 18.4 Å². The summed E-state index contributed by atoms with van der Waals surface area (Å²) in [6.07, 6.45) is 1.88. The molecule has 0 bridgehead atoms. The summed E-state index contributed by atoms with van der Waals surface area (Å²) in [5.41, 5.74) is 0.924. The van der Waals surface area contributed by atoms with Gasteiger partial charge in [0.2, 0.25) is 5.91 Å². The van der Waals surface area contributed by atoms with Crippen molar-refractivity contribution in [3.8, 4) is 0 Å². The van der Waals surface area contributed by atoms with E-state index in [0.717, 1.165) is 18.4 Å². The summed E-state index contributed by atoms with van der Waals surface area (Å²) in [5.74, 6) is 0.161. The number of carbonyl (C=O) groups is 1. The van der Waals surface area contributed by atoms with Crippen molar-refractivity contribution in [3.63, 3.8) is 0 Å². The fraction of sp³-hybridized carbons (Fsp3) is 0.500. The maximum atomic E-state index is 12.0. The van der Waals surface area contributed by atoms with Gasteiger partial charge in [-0.25, -0.2) is 4.72 Å². The van der Waals surface area contributed by atoms with Gasteiger partial charge in [0, 0.05) is 32.6 Å². The molecule has 0 atom stereocenters. The van der Waals surface area contributed by atoms with E-state index in [1.54, 1.807) is 0 Å². The molecule has 2 rings (SSSR count). The number of hydrogen-bond acceptors (Lipinski definition) is 3. The van der Waals surface area contributed by atoms with E-state index >= 15 is 0 Å². The summed E-state index contributed by atoms with van der Waals surface area (Å²) in [4.78, 5) is 11.4. The molecule has 7 heteroatoms. The lowest BCUT2D eigenvalue weighted by Gasteiger charge is -2.17. The molecule has 116 valence electrons. The van der Waals surface area contributed by atoms with E-state index < -0.39 is 10.2 Å². The minimum absolute atomic E-state index is 0.0202. The van der Waals surface area contributed by atoms with E-state index in [4.69, 9.17) is 0 Å². The van der Waals surface area contributed by atoms with Gasteiger partial charge in [-0.05, 0) is 18.4 Å². The number of hydrogen-bond donors (Lipinski definition) is 2. The third-order valence-electron chi connectivity index (χ3n) is 3.32. The van der Waals surface area contributed by atoms with Crippen molar-refractivity contribution in [1.82, 2.24) is 14.3 Å². The van der Waals surface area contributed by atoms with Crippen molar-refractivity contribution in [1.29, 1.82) is 0 Å². The normalized spacial score (nSPS) is 15.1. The zero-order valence-corrected chi connectivity index (χ0v) is 12.9. The van der Waals surface area contributed by atoms with Crippen LogP contribution in [0.15, 0.2) is 30.3 Å². The summed E-state index contributed by atoms with van der Waals surface area (Å²) in [6, 6.07) is 9.38. The van der Waals surface area contributed by atoms with Crippen LogP contribution in [0.1, 0.15) is 18.4 Å². The molecule has 1 aromatic rings. The molecule has 6 nitrogen and oxygen atoms in total. The van der Waals surface area contributed by atoms with Crippen molar-refractivity contribution in [2.75, 3.05) is 20.1 Å². The topological polar surface area (TPSA) is 78.5 Å². The standard InChI is InChI=1S/C14H21N3O3S/c1-17(11-12-5-3-2-4-6-12)21(19,20)16-10-9-15-14(18)13-7-8-13/h2-6,13,16H,7-11H2,1H3,(H,15,18). The molecule has 1 amide bonds. The first-order chi connectivity index (χ1) is 9.99. The Labute approximate surface area is 125 Å². The summed E-state index contributed by atoms with van der Waals surface area (Å²) >= 11 is 0. The van der Waals surface area contributed by atoms with Crippen molar-refractivity contribution < 1.29 is 13.2 Å². The number of nitrogens with zero attached hydrogens (tertiary/aromatic N) is 1. The molecule has 1 aliphatic rings. The largest absolute Gasteiger partial charge is 0.355 e. The highest BCUT2D eigenvalue weighted by atomic mass is 32.2. The highest BCUT2D eigenvalue weighted by Crippen LogP contribution is 2.28. The average Bonchev–Trinajstić information content (AvgIpc) is 3.29. The van der Waals surface area contributed by atoms with Gasteiger partial charge in [0.05, 0.1) is 0 Å². The molecule has 1 aromatic carbocycles. The third-order valence-corrected chi connectivity index (χ3v) is 4.83. The van der Waals surface area contributed by atoms with Gasteiger partial charge in [-0.3, -0.25) is 4.79 Å². The molecule has 0 aromatic heterocycles. The third kappa shape index (κ3) is 5.11. The molecule has 0 saturated heterocycles. The van der Waals surface area contributed by atoms with Crippen LogP contribution in [0.25, 0.3) is 0 Å². The van der Waals surface area contributed by atoms with Crippen molar-refractivity contribution in [3.05, 3.63) is 35.9 Å². The first kappa shape index (κ1) is 15.9. The minimum Gasteiger partial charge on any atom is -0.355 e. The Balaban J connectivity index is 1.73. The predicted molar refractivity (Wildman–Crippen MR) is 80.6 cm³/mol. The van der Waals surface area contributed by atoms with Crippen molar-refractivity contribution >= 4 is 16.1 Å². The van der Waals surface area contributed by atoms with Crippen LogP contribution in [0.2, 0.25) is 0 Å². The van der Waals surface area contributed by atoms with E-state index in [0.29, 0.717) is 13.1 Å². The fourth-order valence-electron chi connectivity index (χ4n) is 1.89. The van der Waals surface area contributed by atoms with Crippen LogP contribution in [-0.4, -0.2) is 38.8 Å². The summed E-state index contributed by atoms with van der Waals surface area (Å²) in [6.45, 7) is 0.818. The van der Waals surface area contributed by atoms with Crippen molar-refractivity contribution in [2.45, 2.75) is 19.4 Å². The van der Waals surface area contributed by atoms with Crippen LogP contribution in [0.3, 0.4) is 0 Å². The van der Waals surface area contributed by atoms with Gasteiger partial charge >= 0.3 is 0 Å². The molecule has 0 radical (unpaired) electrons. The van der Waals surface area contributed by atoms with Crippen LogP contribution in [0.4, 0.5) is 0 Å². The van der Waals surface area contributed by atoms with E-state index in [1.807, 2.05) is 30.3 Å². The lowest BCUT2D eigenvalue weighted by atomic mass is 10.2. The molecule has 1 fully saturated rings. The second-order valence-electron chi connectivity index (χ2n) is 5.21. The Morgan fingerprint density at radius 1 is 1.24 bits per heavy atom. The highest BCUT2D eigenvalue weighted by Gasteiger charge is 2.29. The van der Waals surface area contributed by atoms with Crippen LogP contribution in [0.5, 0.6) is 0 Å². The molecular formula is C14H21N3O3S. The number of benzene rings is 1. The Hall–Kier alpha value is -1.44. The maximum absolute atomic E-state index is 12.0. The highest BCUT2D eigenvalue weighted by molar-refractivity contribution is 7.87. The van der Waals surface area contributed by atoms with Crippen molar-refractivity contribution in [2.24, 2.45) is 5.92 Å². The first-order valence-electron chi connectivity index (χ1n) is 7.01. The van der Waals surface area contributed by atoms with Gasteiger partial charge in [0.15, 0.2) is 0 Å².